The van der Waals surface area contributed by atoms with Gasteiger partial charge in [-0.15, -0.1) is 0 Å². The number of ether oxygens (including phenoxy) is 2. The van der Waals surface area contributed by atoms with Crippen molar-refractivity contribution < 1.29 is 29.3 Å². The number of aromatic nitrogens is 3. The van der Waals surface area contributed by atoms with E-state index in [2.05, 4.69) is 58.5 Å². The average molecular weight is 860 g/mol. The monoisotopic (exact) mass is 860 g/mol. The van der Waals surface area contributed by atoms with Crippen LogP contribution in [-0.2, 0) is 19.1 Å². The molecule has 3 aromatic carbocycles. The lowest BCUT2D eigenvalue weighted by Gasteiger charge is -2.17. The number of hydrogen-bond acceptors (Lipinski definition) is 9. The number of carbonyl (C=O) groups is 2. The number of hydrogen-bond donors (Lipinski definition) is 2. The summed E-state index contributed by atoms with van der Waals surface area (Å²) < 4.78 is 10.4. The molecule has 0 spiro atoms. The third-order valence-electron chi connectivity index (χ3n) is 8.58. The molecule has 9 nitrogen and oxygen atoms in total. The molecule has 2 N–H and O–H groups in total. The Hall–Kier alpha value is -4.73. The van der Waals surface area contributed by atoms with Crippen molar-refractivity contribution in [1.82, 2.24) is 15.0 Å². The average Bonchev–Trinajstić information content (AvgIpc) is 3.27. The minimum atomic E-state index is -0.734. The highest BCUT2D eigenvalue weighted by atomic mass is 16.5. The van der Waals surface area contributed by atoms with Crippen molar-refractivity contribution in [2.75, 3.05) is 13.2 Å². The summed E-state index contributed by atoms with van der Waals surface area (Å²) in [6, 6.07) is 18.0. The lowest BCUT2D eigenvalue weighted by Crippen LogP contribution is -2.24. The normalized spacial score (nSPS) is 10.6. The number of aliphatic hydroxyl groups is 1. The van der Waals surface area contributed by atoms with Crippen molar-refractivity contribution in [2.45, 2.75) is 169 Å². The smallest absolute Gasteiger partial charge is 0.330 e. The Bertz CT molecular complexity index is 1650. The minimum absolute atomic E-state index is 0.0458. The van der Waals surface area contributed by atoms with E-state index >= 15 is 0 Å². The number of phenols is 1. The SMILES string of the molecule is C=CC(=O)OCC(O)CC(C)OCCCCCC(=O)C(C)C.CC.CC.CC.CC.CC.Cc1ccc(-c2nc(-c3ccc(C)cc3C)nc(-c3ccc(C)cc3O)n2)c(C)c1. The fourth-order valence-electron chi connectivity index (χ4n) is 5.60. The number of rotatable bonds is 16. The quantitative estimate of drug-likeness (QED) is 0.0642. The molecule has 0 saturated heterocycles. The van der Waals surface area contributed by atoms with Gasteiger partial charge in [0.05, 0.1) is 17.8 Å². The first-order valence-electron chi connectivity index (χ1n) is 23.0. The summed E-state index contributed by atoms with van der Waals surface area (Å²) in [5, 5.41) is 20.2. The molecule has 0 aliphatic heterocycles. The zero-order valence-corrected chi connectivity index (χ0v) is 42.0. The molecule has 0 aliphatic rings. The van der Waals surface area contributed by atoms with Crippen LogP contribution in [0.2, 0.25) is 0 Å². The van der Waals surface area contributed by atoms with Crippen molar-refractivity contribution in [1.29, 1.82) is 0 Å². The second-order valence-corrected chi connectivity index (χ2v) is 13.8. The number of nitrogens with zero attached hydrogens (tertiary/aromatic N) is 3. The van der Waals surface area contributed by atoms with Gasteiger partial charge in [0.1, 0.15) is 18.1 Å². The Labute approximate surface area is 377 Å². The fourth-order valence-corrected chi connectivity index (χ4v) is 5.60. The highest BCUT2D eigenvalue weighted by Crippen LogP contribution is 2.32. The molecule has 4 aromatic rings. The Kier molecular flexibility index (Phi) is 36.6. The molecule has 0 aliphatic carbocycles. The van der Waals surface area contributed by atoms with Gasteiger partial charge in [-0.3, -0.25) is 4.79 Å². The highest BCUT2D eigenvalue weighted by molar-refractivity contribution is 5.81. The van der Waals surface area contributed by atoms with E-state index in [1.165, 1.54) is 11.1 Å². The van der Waals surface area contributed by atoms with E-state index in [-0.39, 0.29) is 24.4 Å². The van der Waals surface area contributed by atoms with Gasteiger partial charge in [0.15, 0.2) is 17.5 Å². The van der Waals surface area contributed by atoms with Gasteiger partial charge >= 0.3 is 5.97 Å². The zero-order chi connectivity index (χ0) is 48.4. The van der Waals surface area contributed by atoms with E-state index in [9.17, 15) is 19.8 Å². The van der Waals surface area contributed by atoms with Crippen LogP contribution in [0.1, 0.15) is 150 Å². The molecule has 348 valence electrons. The van der Waals surface area contributed by atoms with Crippen LogP contribution in [0, 0.1) is 40.5 Å². The number of aromatic hydroxyl groups is 1. The van der Waals surface area contributed by atoms with Gasteiger partial charge in [-0.25, -0.2) is 19.7 Å². The molecule has 0 amide bonds. The summed E-state index contributed by atoms with van der Waals surface area (Å²) in [5.74, 6) is 1.73. The van der Waals surface area contributed by atoms with Crippen molar-refractivity contribution >= 4 is 11.8 Å². The van der Waals surface area contributed by atoms with E-state index < -0.39 is 12.1 Å². The summed E-state index contributed by atoms with van der Waals surface area (Å²) in [7, 11) is 0. The summed E-state index contributed by atoms with van der Waals surface area (Å²) in [4.78, 5) is 36.6. The minimum Gasteiger partial charge on any atom is -0.507 e. The highest BCUT2D eigenvalue weighted by Gasteiger charge is 2.17. The largest absolute Gasteiger partial charge is 0.507 e. The number of aliphatic hydroxyl groups excluding tert-OH is 1. The molecule has 62 heavy (non-hydrogen) atoms. The third kappa shape index (κ3) is 24.1. The Morgan fingerprint density at radius 1 is 0.645 bits per heavy atom. The zero-order valence-electron chi connectivity index (χ0n) is 42.0. The summed E-state index contributed by atoms with van der Waals surface area (Å²) in [6.07, 6.45) is 4.04. The maximum absolute atomic E-state index is 11.4. The summed E-state index contributed by atoms with van der Waals surface area (Å²) in [6.45, 7) is 39.8. The number of benzene rings is 3. The van der Waals surface area contributed by atoms with Crippen molar-refractivity contribution in [3.05, 3.63) is 95.1 Å². The molecule has 9 heteroatoms. The van der Waals surface area contributed by atoms with E-state index in [4.69, 9.17) is 24.4 Å². The Balaban J connectivity index is -0.000000967. The maximum atomic E-state index is 11.4. The number of Topliss-reactive ketones (excluding diaryl/α,β-unsaturated/α-hetero) is 1. The predicted molar refractivity (Wildman–Crippen MR) is 264 cm³/mol. The number of unbranched alkanes of at least 4 members (excludes halogenated alkanes) is 2. The van der Waals surface area contributed by atoms with Crippen LogP contribution in [0.3, 0.4) is 0 Å². The molecule has 0 bridgehead atoms. The number of esters is 1. The van der Waals surface area contributed by atoms with Gasteiger partial charge in [-0.05, 0) is 83.2 Å². The first-order chi connectivity index (χ1) is 29.7. The molecule has 0 radical (unpaired) electrons. The van der Waals surface area contributed by atoms with Crippen molar-refractivity contribution in [3.8, 4) is 39.9 Å². The molecule has 4 rings (SSSR count). The van der Waals surface area contributed by atoms with Gasteiger partial charge in [-0.1, -0.05) is 150 Å². The van der Waals surface area contributed by atoms with E-state index in [1.807, 2.05) is 121 Å². The molecule has 0 fully saturated rings. The fraction of sp³-hybridized carbons (Fsp3) is 0.528. The number of carbonyl (C=O) groups excluding carboxylic acids is 2. The maximum Gasteiger partial charge on any atom is 0.330 e. The van der Waals surface area contributed by atoms with E-state index in [0.29, 0.717) is 48.3 Å². The lowest BCUT2D eigenvalue weighted by atomic mass is 10.0. The van der Waals surface area contributed by atoms with Crippen LogP contribution in [0.25, 0.3) is 34.2 Å². The lowest BCUT2D eigenvalue weighted by molar-refractivity contribution is -0.141. The van der Waals surface area contributed by atoms with Gasteiger partial charge in [0.2, 0.25) is 0 Å². The molecule has 2 atom stereocenters. The first kappa shape index (κ1) is 61.6. The second kappa shape index (κ2) is 36.9. The molecule has 1 aromatic heterocycles. The van der Waals surface area contributed by atoms with Crippen LogP contribution in [0.15, 0.2) is 67.3 Å². The van der Waals surface area contributed by atoms with Crippen LogP contribution in [0.4, 0.5) is 0 Å². The second-order valence-electron chi connectivity index (χ2n) is 13.8. The number of phenolic OH excluding ortho intramolecular Hbond substituents is 1. The van der Waals surface area contributed by atoms with Gasteiger partial charge in [-0.2, -0.15) is 0 Å². The van der Waals surface area contributed by atoms with Crippen molar-refractivity contribution in [3.63, 3.8) is 0 Å². The molecule has 1 heterocycles. The first-order valence-corrected chi connectivity index (χ1v) is 23.0. The summed E-state index contributed by atoms with van der Waals surface area (Å²) >= 11 is 0. The molecular weight excluding hydrogens is 775 g/mol. The van der Waals surface area contributed by atoms with Gasteiger partial charge in [0, 0.05) is 42.6 Å². The molecule has 0 saturated carbocycles. The van der Waals surface area contributed by atoms with Gasteiger partial charge < -0.3 is 19.7 Å². The van der Waals surface area contributed by atoms with Crippen LogP contribution < -0.4 is 0 Å². The predicted octanol–water partition coefficient (Wildman–Crippen LogP) is 13.9. The standard InChI is InChI=1S/C26H25N3O.C17H30O5.5C2H6/c1-15-6-9-20(18(4)12-15)24-27-25(21-10-7-16(2)13-19(21)5)29-26(28-24)22-11-8-17(3)14-23(22)30;1-5-17(20)22-12-15(18)11-14(4)21-10-8-6-7-9-16(19)13(2)3;5*1-2/h6-14,30H,1-5H3;5,13-15,18H,1,6-12H2,2-4H3;5*1-2H3. The van der Waals surface area contributed by atoms with E-state index in [0.717, 1.165) is 53.2 Å². The van der Waals surface area contributed by atoms with E-state index in [1.54, 1.807) is 6.07 Å². The van der Waals surface area contributed by atoms with Crippen LogP contribution >= 0.6 is 0 Å². The number of aryl methyl sites for hydroxylation is 5. The topological polar surface area (TPSA) is 132 Å². The van der Waals surface area contributed by atoms with Crippen LogP contribution in [0.5, 0.6) is 5.75 Å². The van der Waals surface area contributed by atoms with Crippen LogP contribution in [-0.4, -0.2) is 62.3 Å². The molecular formula is C53H85N3O6. The summed E-state index contributed by atoms with van der Waals surface area (Å²) in [5.41, 5.74) is 8.09. The molecule has 2 unspecified atom stereocenters. The Morgan fingerprint density at radius 2 is 1.06 bits per heavy atom. The number of ketones is 1. The Morgan fingerprint density at radius 3 is 1.47 bits per heavy atom. The van der Waals surface area contributed by atoms with Gasteiger partial charge in [0.25, 0.3) is 0 Å². The van der Waals surface area contributed by atoms with Crippen molar-refractivity contribution in [2.24, 2.45) is 5.92 Å². The third-order valence-corrected chi connectivity index (χ3v) is 8.58.